The van der Waals surface area contributed by atoms with E-state index < -0.39 is 5.97 Å². The zero-order valence-corrected chi connectivity index (χ0v) is 10.0. The molecule has 0 aliphatic carbocycles. The van der Waals surface area contributed by atoms with Crippen molar-refractivity contribution < 1.29 is 14.1 Å². The second-order valence-corrected chi connectivity index (χ2v) is 3.50. The summed E-state index contributed by atoms with van der Waals surface area (Å²) in [6, 6.07) is 1.72. The zero-order valence-electron chi connectivity index (χ0n) is 10.0. The molecule has 0 aliphatic heterocycles. The monoisotopic (exact) mass is 248 g/mol. The fourth-order valence-corrected chi connectivity index (χ4v) is 1.37. The average molecular weight is 248 g/mol. The third-order valence-electron chi connectivity index (χ3n) is 2.24. The molecule has 0 radical (unpaired) electrons. The van der Waals surface area contributed by atoms with Crippen molar-refractivity contribution in [1.29, 1.82) is 0 Å². The lowest BCUT2D eigenvalue weighted by Crippen LogP contribution is -2.11. The maximum atomic E-state index is 11.5. The summed E-state index contributed by atoms with van der Waals surface area (Å²) in [6.45, 7) is 2.11. The zero-order chi connectivity index (χ0) is 13.0. The Hall–Kier alpha value is -2.44. The molecule has 2 aromatic heterocycles. The van der Waals surface area contributed by atoms with Gasteiger partial charge in [0.15, 0.2) is 5.76 Å². The molecular formula is C11H12N4O3. The summed E-state index contributed by atoms with van der Waals surface area (Å²) in [6.07, 6.45) is 2.97. The molecule has 0 fully saturated rings. The van der Waals surface area contributed by atoms with Crippen molar-refractivity contribution in [1.82, 2.24) is 15.1 Å². The van der Waals surface area contributed by atoms with Crippen LogP contribution < -0.4 is 5.32 Å². The van der Waals surface area contributed by atoms with Crippen LogP contribution in [0.1, 0.15) is 21.9 Å². The van der Waals surface area contributed by atoms with Gasteiger partial charge in [-0.25, -0.2) is 14.8 Å². The first-order chi connectivity index (χ1) is 8.70. The Morgan fingerprint density at radius 1 is 1.56 bits per heavy atom. The van der Waals surface area contributed by atoms with Crippen molar-refractivity contribution in [3.63, 3.8) is 0 Å². The van der Waals surface area contributed by atoms with E-state index in [9.17, 15) is 4.79 Å². The molecule has 2 heterocycles. The van der Waals surface area contributed by atoms with Gasteiger partial charge in [0.05, 0.1) is 19.9 Å². The Balaban J connectivity index is 2.19. The molecule has 2 aromatic rings. The summed E-state index contributed by atoms with van der Waals surface area (Å²) < 4.78 is 9.60. The molecule has 7 heteroatoms. The predicted molar refractivity (Wildman–Crippen MR) is 61.9 cm³/mol. The fraction of sp³-hybridized carbons (Fsp3) is 0.273. The minimum Gasteiger partial charge on any atom is -0.465 e. The predicted octanol–water partition coefficient (Wildman–Crippen LogP) is 1.17. The molecule has 18 heavy (non-hydrogen) atoms. The summed E-state index contributed by atoms with van der Waals surface area (Å²) in [5.41, 5.74) is 0.280. The molecule has 0 amide bonds. The van der Waals surface area contributed by atoms with Gasteiger partial charge in [-0.1, -0.05) is 5.16 Å². The maximum Gasteiger partial charge on any atom is 0.343 e. The number of nitrogens with zero attached hydrogens (tertiary/aromatic N) is 3. The van der Waals surface area contributed by atoms with Gasteiger partial charge in [0, 0.05) is 12.3 Å². The van der Waals surface area contributed by atoms with E-state index in [2.05, 4.69) is 25.2 Å². The van der Waals surface area contributed by atoms with Crippen molar-refractivity contribution in [2.45, 2.75) is 13.5 Å². The highest BCUT2D eigenvalue weighted by Crippen LogP contribution is 2.14. The van der Waals surface area contributed by atoms with Crippen LogP contribution in [0.25, 0.3) is 0 Å². The number of ether oxygens (including phenoxy) is 1. The lowest BCUT2D eigenvalue weighted by molar-refractivity contribution is 0.0601. The highest BCUT2D eigenvalue weighted by Gasteiger charge is 2.14. The first-order valence-electron chi connectivity index (χ1n) is 5.26. The quantitative estimate of drug-likeness (QED) is 0.812. The Kier molecular flexibility index (Phi) is 3.52. The van der Waals surface area contributed by atoms with Crippen LogP contribution in [0.3, 0.4) is 0 Å². The van der Waals surface area contributed by atoms with Crippen LogP contribution in [0.2, 0.25) is 0 Å². The standard InChI is InChI=1S/C11H12N4O3/c1-7-12-6-9(11(16)17-2)10(15-7)13-5-8-3-4-14-18-8/h3-4,6H,5H2,1-2H3,(H,12,13,15). The summed E-state index contributed by atoms with van der Waals surface area (Å²) in [7, 11) is 1.31. The van der Waals surface area contributed by atoms with Crippen LogP contribution in [0.5, 0.6) is 0 Å². The van der Waals surface area contributed by atoms with Gasteiger partial charge in [-0.2, -0.15) is 0 Å². The minimum absolute atomic E-state index is 0.280. The Labute approximate surface area is 103 Å². The third-order valence-corrected chi connectivity index (χ3v) is 2.24. The molecule has 0 saturated carbocycles. The molecule has 94 valence electrons. The van der Waals surface area contributed by atoms with Crippen LogP contribution in [0, 0.1) is 6.92 Å². The van der Waals surface area contributed by atoms with Crippen LogP contribution in [0.4, 0.5) is 5.82 Å². The van der Waals surface area contributed by atoms with Gasteiger partial charge >= 0.3 is 5.97 Å². The van der Waals surface area contributed by atoms with E-state index in [1.165, 1.54) is 13.3 Å². The molecule has 0 atom stereocenters. The molecule has 0 spiro atoms. The van der Waals surface area contributed by atoms with Gasteiger partial charge in [0.1, 0.15) is 17.2 Å². The Morgan fingerprint density at radius 3 is 3.06 bits per heavy atom. The number of esters is 1. The molecular weight excluding hydrogens is 236 g/mol. The van der Waals surface area contributed by atoms with E-state index in [4.69, 9.17) is 4.52 Å². The van der Waals surface area contributed by atoms with E-state index in [0.29, 0.717) is 23.9 Å². The second kappa shape index (κ2) is 5.26. The van der Waals surface area contributed by atoms with Gasteiger partial charge in [0.25, 0.3) is 0 Å². The summed E-state index contributed by atoms with van der Waals surface area (Å²) >= 11 is 0. The number of nitrogens with one attached hydrogen (secondary N) is 1. The van der Waals surface area contributed by atoms with E-state index in [0.717, 1.165) is 0 Å². The average Bonchev–Trinajstić information content (AvgIpc) is 2.88. The number of hydrogen-bond acceptors (Lipinski definition) is 7. The summed E-state index contributed by atoms with van der Waals surface area (Å²) in [4.78, 5) is 19.7. The van der Waals surface area contributed by atoms with Crippen molar-refractivity contribution in [2.75, 3.05) is 12.4 Å². The van der Waals surface area contributed by atoms with Gasteiger partial charge in [-0.05, 0) is 6.92 Å². The third kappa shape index (κ3) is 2.62. The smallest absolute Gasteiger partial charge is 0.343 e. The molecule has 0 aromatic carbocycles. The highest BCUT2D eigenvalue weighted by atomic mass is 16.5. The van der Waals surface area contributed by atoms with Crippen LogP contribution in [-0.4, -0.2) is 28.2 Å². The van der Waals surface area contributed by atoms with E-state index in [1.54, 1.807) is 19.2 Å². The molecule has 2 rings (SSSR count). The minimum atomic E-state index is -0.491. The molecule has 0 unspecified atom stereocenters. The molecule has 1 N–H and O–H groups in total. The number of hydrogen-bond donors (Lipinski definition) is 1. The SMILES string of the molecule is COC(=O)c1cnc(C)nc1NCc1ccno1. The molecule has 7 nitrogen and oxygen atoms in total. The highest BCUT2D eigenvalue weighted by molar-refractivity contribution is 5.94. The number of aromatic nitrogens is 3. The van der Waals surface area contributed by atoms with Crippen LogP contribution >= 0.6 is 0 Å². The van der Waals surface area contributed by atoms with Crippen LogP contribution in [0.15, 0.2) is 23.0 Å². The largest absolute Gasteiger partial charge is 0.465 e. The lowest BCUT2D eigenvalue weighted by atomic mass is 10.3. The number of aryl methyl sites for hydroxylation is 1. The van der Waals surface area contributed by atoms with Crippen molar-refractivity contribution in [3.8, 4) is 0 Å². The molecule has 0 bridgehead atoms. The van der Waals surface area contributed by atoms with E-state index in [-0.39, 0.29) is 5.56 Å². The number of carbonyl (C=O) groups is 1. The van der Waals surface area contributed by atoms with E-state index >= 15 is 0 Å². The Morgan fingerprint density at radius 2 is 2.39 bits per heavy atom. The topological polar surface area (TPSA) is 90.1 Å². The van der Waals surface area contributed by atoms with Crippen molar-refractivity contribution in [3.05, 3.63) is 35.6 Å². The number of carbonyl (C=O) groups excluding carboxylic acids is 1. The summed E-state index contributed by atoms with van der Waals surface area (Å²) in [5.74, 6) is 1.12. The van der Waals surface area contributed by atoms with Gasteiger partial charge in [-0.3, -0.25) is 0 Å². The fourth-order valence-electron chi connectivity index (χ4n) is 1.37. The Bertz CT molecular complexity index is 539. The number of rotatable bonds is 4. The van der Waals surface area contributed by atoms with E-state index in [1.807, 2.05) is 0 Å². The normalized spacial score (nSPS) is 10.1. The maximum absolute atomic E-state index is 11.5. The van der Waals surface area contributed by atoms with Gasteiger partial charge in [-0.15, -0.1) is 0 Å². The van der Waals surface area contributed by atoms with Crippen LogP contribution in [-0.2, 0) is 11.3 Å². The number of methoxy groups -OCH3 is 1. The van der Waals surface area contributed by atoms with Gasteiger partial charge < -0.3 is 14.6 Å². The first kappa shape index (κ1) is 12.0. The first-order valence-corrected chi connectivity index (χ1v) is 5.26. The van der Waals surface area contributed by atoms with Crippen molar-refractivity contribution in [2.24, 2.45) is 0 Å². The number of anilines is 1. The lowest BCUT2D eigenvalue weighted by Gasteiger charge is -2.08. The molecule has 0 saturated heterocycles. The molecule has 0 aliphatic rings. The van der Waals surface area contributed by atoms with Crippen molar-refractivity contribution >= 4 is 11.8 Å². The van der Waals surface area contributed by atoms with Gasteiger partial charge in [0.2, 0.25) is 0 Å². The second-order valence-electron chi connectivity index (χ2n) is 3.50. The summed E-state index contributed by atoms with van der Waals surface area (Å²) in [5, 5.41) is 6.57.